The molecule has 2 saturated heterocycles. The predicted molar refractivity (Wildman–Crippen MR) is 80.5 cm³/mol. The first-order valence-corrected chi connectivity index (χ1v) is 7.34. The van der Waals surface area contributed by atoms with E-state index in [0.29, 0.717) is 12.1 Å². The van der Waals surface area contributed by atoms with Gasteiger partial charge in [-0.2, -0.15) is 0 Å². The zero-order valence-corrected chi connectivity index (χ0v) is 13.4. The van der Waals surface area contributed by atoms with Gasteiger partial charge in [0.15, 0.2) is 11.9 Å². The molecule has 9 heteroatoms. The minimum Gasteiger partial charge on any atom is -0.341 e. The summed E-state index contributed by atoms with van der Waals surface area (Å²) >= 11 is 5.62. The number of likely N-dealkylation sites (N-methyl/N-ethyl adjacent to an activating group) is 1. The summed E-state index contributed by atoms with van der Waals surface area (Å²) in [6.07, 6.45) is -2.22. The number of rotatable bonds is 2. The van der Waals surface area contributed by atoms with Crippen LogP contribution in [0.2, 0.25) is 5.02 Å². The Balaban J connectivity index is 2.01. The third-order valence-corrected chi connectivity index (χ3v) is 4.02. The Morgan fingerprint density at radius 1 is 1.38 bits per heavy atom. The van der Waals surface area contributed by atoms with E-state index in [1.807, 2.05) is 0 Å². The van der Waals surface area contributed by atoms with E-state index >= 15 is 0 Å². The van der Waals surface area contributed by atoms with Crippen LogP contribution < -0.4 is 10.2 Å². The molecule has 24 heavy (non-hydrogen) atoms. The fourth-order valence-corrected chi connectivity index (χ4v) is 2.85. The van der Waals surface area contributed by atoms with Gasteiger partial charge in [0.25, 0.3) is 11.8 Å². The van der Waals surface area contributed by atoms with Crippen molar-refractivity contribution < 1.29 is 32.0 Å². The number of benzene rings is 1. The maximum atomic E-state index is 14.2. The molecule has 0 saturated carbocycles. The number of nitrogens with one attached hydrogen (secondary N) is 1. The SMILES string of the molecule is [2H]C([2H])([2H])N(C(=O)C1NC(=O)C2OC(C)(C)OC12)c1cc(Cl)c(F)cc1F. The molecule has 2 heterocycles. The number of anilines is 1. The molecule has 3 atom stereocenters. The van der Waals surface area contributed by atoms with Gasteiger partial charge in [-0.1, -0.05) is 11.6 Å². The lowest BCUT2D eigenvalue weighted by atomic mass is 10.1. The number of ether oxygens (including phenoxy) is 2. The summed E-state index contributed by atoms with van der Waals surface area (Å²) in [6, 6.07) is -0.369. The van der Waals surface area contributed by atoms with E-state index in [2.05, 4.69) is 5.32 Å². The van der Waals surface area contributed by atoms with Crippen LogP contribution >= 0.6 is 11.6 Å². The molecule has 1 aromatic rings. The van der Waals surface area contributed by atoms with Gasteiger partial charge in [0.2, 0.25) is 0 Å². The fourth-order valence-electron chi connectivity index (χ4n) is 2.70. The van der Waals surface area contributed by atoms with E-state index in [1.54, 1.807) is 0 Å². The standard InChI is InChI=1S/C15H15ClF2N2O4/c1-15(2)23-11-10(19-13(21)12(11)24-15)14(22)20(3)9-4-6(16)7(17)5-8(9)18/h4-5,10-12H,1-3H3,(H,19,21)/i3D3. The van der Waals surface area contributed by atoms with Crippen molar-refractivity contribution in [2.75, 3.05) is 11.9 Å². The number of amides is 2. The summed E-state index contributed by atoms with van der Waals surface area (Å²) in [5, 5.41) is 1.74. The molecule has 2 amide bonds. The second kappa shape index (κ2) is 5.65. The lowest BCUT2D eigenvalue weighted by Crippen LogP contribution is -2.49. The van der Waals surface area contributed by atoms with Crippen LogP contribution in [0.25, 0.3) is 0 Å². The molecule has 3 unspecified atom stereocenters. The molecule has 0 bridgehead atoms. The molecule has 0 radical (unpaired) electrons. The minimum absolute atomic E-state index is 0.148. The summed E-state index contributed by atoms with van der Waals surface area (Å²) in [5.74, 6) is -5.41. The number of carbonyl (C=O) groups is 2. The third kappa shape index (κ3) is 2.74. The van der Waals surface area contributed by atoms with Gasteiger partial charge in [-0.05, 0) is 19.9 Å². The Bertz CT molecular complexity index is 821. The molecule has 2 aliphatic heterocycles. The van der Waals surface area contributed by atoms with E-state index in [1.165, 1.54) is 13.8 Å². The smallest absolute Gasteiger partial charge is 0.252 e. The summed E-state index contributed by atoms with van der Waals surface area (Å²) in [6.45, 7) is -0.0843. The molecular weight excluding hydrogens is 346 g/mol. The van der Waals surface area contributed by atoms with E-state index in [0.717, 1.165) is 0 Å². The Hall–Kier alpha value is -1.77. The summed E-state index contributed by atoms with van der Waals surface area (Å²) < 4.78 is 61.4. The first-order chi connectivity index (χ1) is 12.3. The average Bonchev–Trinajstić information content (AvgIpc) is 2.97. The summed E-state index contributed by atoms with van der Waals surface area (Å²) in [7, 11) is 0. The van der Waals surface area contributed by atoms with Gasteiger partial charge in [-0.3, -0.25) is 9.59 Å². The molecule has 6 nitrogen and oxygen atoms in total. The van der Waals surface area contributed by atoms with Crippen LogP contribution in [0.3, 0.4) is 0 Å². The van der Waals surface area contributed by atoms with Gasteiger partial charge in [0.05, 0.1) is 10.7 Å². The zero-order chi connectivity index (χ0) is 20.3. The van der Waals surface area contributed by atoms with Crippen molar-refractivity contribution in [2.24, 2.45) is 0 Å². The molecule has 0 aliphatic carbocycles. The molecule has 2 aliphatic rings. The van der Waals surface area contributed by atoms with Crippen LogP contribution in [0, 0.1) is 11.6 Å². The fraction of sp³-hybridized carbons (Fsp3) is 0.467. The Morgan fingerprint density at radius 2 is 2.08 bits per heavy atom. The van der Waals surface area contributed by atoms with Gasteiger partial charge in [0.1, 0.15) is 23.8 Å². The normalized spacial score (nSPS) is 30.1. The lowest BCUT2D eigenvalue weighted by Gasteiger charge is -2.25. The zero-order valence-electron chi connectivity index (χ0n) is 15.6. The second-order valence-corrected chi connectivity index (χ2v) is 6.31. The summed E-state index contributed by atoms with van der Waals surface area (Å²) in [5.41, 5.74) is -0.748. The van der Waals surface area contributed by atoms with E-state index in [-0.39, 0.29) is 4.90 Å². The highest BCUT2D eigenvalue weighted by atomic mass is 35.5. The number of hydrogen-bond acceptors (Lipinski definition) is 4. The number of hydrogen-bond donors (Lipinski definition) is 1. The Kier molecular flexibility index (Phi) is 3.18. The number of halogens is 3. The molecule has 130 valence electrons. The minimum atomic E-state index is -3.14. The third-order valence-electron chi connectivity index (χ3n) is 3.73. The van der Waals surface area contributed by atoms with Gasteiger partial charge in [0, 0.05) is 17.2 Å². The van der Waals surface area contributed by atoms with Crippen LogP contribution in [-0.2, 0) is 19.1 Å². The molecule has 2 fully saturated rings. The van der Waals surface area contributed by atoms with Crippen LogP contribution in [0.15, 0.2) is 12.1 Å². The lowest BCUT2D eigenvalue weighted by molar-refractivity contribution is -0.164. The van der Waals surface area contributed by atoms with Crippen LogP contribution in [0.5, 0.6) is 0 Å². The van der Waals surface area contributed by atoms with Gasteiger partial charge >= 0.3 is 0 Å². The first-order valence-electron chi connectivity index (χ1n) is 8.46. The van der Waals surface area contributed by atoms with Crippen molar-refractivity contribution in [1.29, 1.82) is 0 Å². The van der Waals surface area contributed by atoms with E-state index < -0.39 is 65.2 Å². The first kappa shape index (κ1) is 13.5. The largest absolute Gasteiger partial charge is 0.341 e. The highest BCUT2D eigenvalue weighted by Gasteiger charge is 2.56. The van der Waals surface area contributed by atoms with Gasteiger partial charge < -0.3 is 19.7 Å². The molecular formula is C15H15ClF2N2O4. The highest BCUT2D eigenvalue weighted by Crippen LogP contribution is 2.35. The average molecular weight is 364 g/mol. The maximum Gasteiger partial charge on any atom is 0.252 e. The molecule has 0 spiro atoms. The number of carbonyl (C=O) groups excluding carboxylic acids is 2. The maximum absolute atomic E-state index is 14.2. The van der Waals surface area contributed by atoms with Gasteiger partial charge in [-0.25, -0.2) is 8.78 Å². The highest BCUT2D eigenvalue weighted by molar-refractivity contribution is 6.31. The van der Waals surface area contributed by atoms with Crippen LogP contribution in [-0.4, -0.2) is 42.8 Å². The Morgan fingerprint density at radius 3 is 2.75 bits per heavy atom. The van der Waals surface area contributed by atoms with Crippen LogP contribution in [0.1, 0.15) is 18.0 Å². The number of fused-ring (bicyclic) bond motifs is 1. The predicted octanol–water partition coefficient (Wildman–Crippen LogP) is 1.60. The van der Waals surface area contributed by atoms with E-state index in [4.69, 9.17) is 25.2 Å². The van der Waals surface area contributed by atoms with Gasteiger partial charge in [-0.15, -0.1) is 0 Å². The molecule has 1 N–H and O–H groups in total. The quantitative estimate of drug-likeness (QED) is 0.810. The number of nitrogens with zero attached hydrogens (tertiary/aromatic N) is 1. The molecule has 1 aromatic carbocycles. The molecule has 0 aromatic heterocycles. The van der Waals surface area contributed by atoms with Crippen molar-refractivity contribution in [3.8, 4) is 0 Å². The second-order valence-electron chi connectivity index (χ2n) is 5.90. The summed E-state index contributed by atoms with van der Waals surface area (Å²) in [4.78, 5) is 25.2. The van der Waals surface area contributed by atoms with Crippen LogP contribution in [0.4, 0.5) is 14.5 Å². The van der Waals surface area contributed by atoms with E-state index in [9.17, 15) is 18.4 Å². The van der Waals surface area contributed by atoms with Crippen molar-refractivity contribution in [2.45, 2.75) is 37.9 Å². The van der Waals surface area contributed by atoms with Crippen molar-refractivity contribution in [3.63, 3.8) is 0 Å². The molecule has 3 rings (SSSR count). The monoisotopic (exact) mass is 363 g/mol. The van der Waals surface area contributed by atoms with Crippen molar-refractivity contribution in [3.05, 3.63) is 28.8 Å². The van der Waals surface area contributed by atoms with Crippen molar-refractivity contribution in [1.82, 2.24) is 5.32 Å². The topological polar surface area (TPSA) is 67.9 Å². The Labute approximate surface area is 145 Å². The van der Waals surface area contributed by atoms with Crippen molar-refractivity contribution >= 4 is 29.1 Å².